The number of hydrogen-bond acceptors (Lipinski definition) is 6. The summed E-state index contributed by atoms with van der Waals surface area (Å²) in [5.41, 5.74) is 16.4. The minimum Gasteiger partial charge on any atom is -0.368 e. The smallest absolute Gasteiger partial charge is 0.242 e. The molecule has 0 aromatic heterocycles. The van der Waals surface area contributed by atoms with Crippen LogP contribution >= 0.6 is 0 Å². The summed E-state index contributed by atoms with van der Waals surface area (Å²) in [4.78, 5) is 48.9. The van der Waals surface area contributed by atoms with Crippen LogP contribution in [-0.2, 0) is 19.2 Å². The number of nitrogens with one attached hydrogen (secondary N) is 3. The molecule has 9 N–H and O–H groups in total. The molecule has 0 aromatic rings. The van der Waals surface area contributed by atoms with E-state index in [1.165, 1.54) is 38.5 Å². The van der Waals surface area contributed by atoms with Crippen molar-refractivity contribution in [3.63, 3.8) is 0 Å². The third-order valence-corrected chi connectivity index (χ3v) is 6.61. The van der Waals surface area contributed by atoms with Gasteiger partial charge in [0.15, 0.2) is 0 Å². The van der Waals surface area contributed by atoms with E-state index in [-0.39, 0.29) is 24.1 Å². The Morgan fingerprint density at radius 2 is 1.08 bits per heavy atom. The van der Waals surface area contributed by atoms with E-state index in [0.717, 1.165) is 38.5 Å². The highest BCUT2D eigenvalue weighted by atomic mass is 16.2. The minimum atomic E-state index is -0.712. The summed E-state index contributed by atoms with van der Waals surface area (Å²) in [6.07, 6.45) is 15.6. The van der Waals surface area contributed by atoms with Gasteiger partial charge in [0.2, 0.25) is 23.6 Å². The molecular weight excluding hydrogens is 484 g/mol. The van der Waals surface area contributed by atoms with Crippen molar-refractivity contribution in [1.29, 1.82) is 0 Å². The summed E-state index contributed by atoms with van der Waals surface area (Å²) in [6, 6.07) is -1.32. The summed E-state index contributed by atoms with van der Waals surface area (Å²) < 4.78 is 0. The van der Waals surface area contributed by atoms with Gasteiger partial charge in [-0.3, -0.25) is 19.2 Å². The first-order valence-corrected chi connectivity index (χ1v) is 14.9. The molecule has 0 rings (SSSR count). The number of unbranched alkanes of at least 4 members (excludes halogenated alkanes) is 10. The van der Waals surface area contributed by atoms with Crippen molar-refractivity contribution in [3.05, 3.63) is 0 Å². The number of nitrogens with two attached hydrogens (primary N) is 3. The lowest BCUT2D eigenvalue weighted by atomic mass is 10.1. The average molecular weight is 541 g/mol. The molecule has 10 heteroatoms. The third-order valence-electron chi connectivity index (χ3n) is 6.61. The van der Waals surface area contributed by atoms with Crippen molar-refractivity contribution in [2.75, 3.05) is 19.6 Å². The molecule has 0 bridgehead atoms. The molecule has 0 aromatic carbocycles. The lowest BCUT2D eigenvalue weighted by Gasteiger charge is -2.19. The van der Waals surface area contributed by atoms with E-state index in [9.17, 15) is 19.2 Å². The summed E-state index contributed by atoms with van der Waals surface area (Å²) in [5, 5.41) is 8.36. The Kier molecular flexibility index (Phi) is 23.6. The van der Waals surface area contributed by atoms with Crippen LogP contribution in [0.3, 0.4) is 0 Å². The van der Waals surface area contributed by atoms with Gasteiger partial charge in [-0.25, -0.2) is 0 Å². The number of primary amides is 1. The SMILES string of the molecule is CCCCCCCCCCCC(=O)NC(CCCCN)C(=O)NCCCC(=O)NC(CCCCN)C(N)=O. The van der Waals surface area contributed by atoms with Gasteiger partial charge >= 0.3 is 0 Å². The van der Waals surface area contributed by atoms with E-state index in [0.29, 0.717) is 51.7 Å². The lowest BCUT2D eigenvalue weighted by molar-refractivity contribution is -0.129. The second-order valence-electron chi connectivity index (χ2n) is 10.2. The first-order valence-electron chi connectivity index (χ1n) is 14.9. The zero-order valence-electron chi connectivity index (χ0n) is 23.9. The number of amides is 4. The molecule has 0 aliphatic rings. The predicted octanol–water partition coefficient (Wildman–Crippen LogP) is 2.52. The normalized spacial score (nSPS) is 12.5. The lowest BCUT2D eigenvalue weighted by Crippen LogP contribution is -2.47. The van der Waals surface area contributed by atoms with Crippen LogP contribution in [0, 0.1) is 0 Å². The quantitative estimate of drug-likeness (QED) is 0.0916. The van der Waals surface area contributed by atoms with Gasteiger partial charge in [-0.15, -0.1) is 0 Å². The Bertz CT molecular complexity index is 647. The van der Waals surface area contributed by atoms with E-state index in [1.807, 2.05) is 0 Å². The third kappa shape index (κ3) is 20.8. The first-order chi connectivity index (χ1) is 18.3. The monoisotopic (exact) mass is 540 g/mol. The second-order valence-corrected chi connectivity index (χ2v) is 10.2. The maximum Gasteiger partial charge on any atom is 0.242 e. The fourth-order valence-electron chi connectivity index (χ4n) is 4.25. The fourth-order valence-corrected chi connectivity index (χ4v) is 4.25. The van der Waals surface area contributed by atoms with E-state index < -0.39 is 18.0 Å². The van der Waals surface area contributed by atoms with Crippen molar-refractivity contribution < 1.29 is 19.2 Å². The summed E-state index contributed by atoms with van der Waals surface area (Å²) in [7, 11) is 0. The summed E-state index contributed by atoms with van der Waals surface area (Å²) in [5.74, 6) is -1.21. The Morgan fingerprint density at radius 3 is 1.61 bits per heavy atom. The van der Waals surface area contributed by atoms with Crippen molar-refractivity contribution in [1.82, 2.24) is 16.0 Å². The summed E-state index contributed by atoms with van der Waals surface area (Å²) >= 11 is 0. The van der Waals surface area contributed by atoms with Crippen molar-refractivity contribution in [2.24, 2.45) is 17.2 Å². The van der Waals surface area contributed by atoms with E-state index in [2.05, 4.69) is 22.9 Å². The Balaban J connectivity index is 4.33. The Labute approximate surface area is 230 Å². The molecule has 0 radical (unpaired) electrons. The molecule has 0 spiro atoms. The number of carbonyl (C=O) groups excluding carboxylic acids is 4. The largest absolute Gasteiger partial charge is 0.368 e. The van der Waals surface area contributed by atoms with Gasteiger partial charge < -0.3 is 33.2 Å². The molecular formula is C28H56N6O4. The van der Waals surface area contributed by atoms with Gasteiger partial charge in [-0.2, -0.15) is 0 Å². The zero-order chi connectivity index (χ0) is 28.4. The van der Waals surface area contributed by atoms with Crippen LogP contribution in [0.2, 0.25) is 0 Å². The first kappa shape index (κ1) is 35.8. The van der Waals surface area contributed by atoms with Crippen molar-refractivity contribution in [2.45, 2.75) is 135 Å². The molecule has 0 aliphatic heterocycles. The van der Waals surface area contributed by atoms with E-state index >= 15 is 0 Å². The number of hydrogen-bond donors (Lipinski definition) is 6. The minimum absolute atomic E-state index is 0.104. The van der Waals surface area contributed by atoms with Gasteiger partial charge in [0.25, 0.3) is 0 Å². The van der Waals surface area contributed by atoms with Gasteiger partial charge in [-0.05, 0) is 64.5 Å². The molecule has 38 heavy (non-hydrogen) atoms. The molecule has 2 atom stereocenters. The van der Waals surface area contributed by atoms with Crippen molar-refractivity contribution >= 4 is 23.6 Å². The molecule has 0 fully saturated rings. The average Bonchev–Trinajstić information content (AvgIpc) is 2.89. The van der Waals surface area contributed by atoms with E-state index in [1.54, 1.807) is 0 Å². The van der Waals surface area contributed by atoms with Crippen LogP contribution in [0.15, 0.2) is 0 Å². The second kappa shape index (κ2) is 25.1. The van der Waals surface area contributed by atoms with Crippen LogP contribution < -0.4 is 33.2 Å². The summed E-state index contributed by atoms with van der Waals surface area (Å²) in [6.45, 7) is 3.57. The topological polar surface area (TPSA) is 182 Å². The molecule has 10 nitrogen and oxygen atoms in total. The molecule has 0 heterocycles. The predicted molar refractivity (Wildman–Crippen MR) is 153 cm³/mol. The molecule has 0 aliphatic carbocycles. The highest BCUT2D eigenvalue weighted by molar-refractivity contribution is 5.88. The fraction of sp³-hybridized carbons (Fsp3) is 0.857. The van der Waals surface area contributed by atoms with E-state index in [4.69, 9.17) is 17.2 Å². The van der Waals surface area contributed by atoms with Crippen LogP contribution in [0.4, 0.5) is 0 Å². The van der Waals surface area contributed by atoms with Gasteiger partial charge in [-0.1, -0.05) is 58.3 Å². The zero-order valence-corrected chi connectivity index (χ0v) is 23.9. The molecule has 0 saturated carbocycles. The van der Waals surface area contributed by atoms with Crippen LogP contribution in [0.25, 0.3) is 0 Å². The van der Waals surface area contributed by atoms with Crippen molar-refractivity contribution in [3.8, 4) is 0 Å². The Morgan fingerprint density at radius 1 is 0.605 bits per heavy atom. The van der Waals surface area contributed by atoms with Gasteiger partial charge in [0.1, 0.15) is 12.1 Å². The molecule has 4 amide bonds. The van der Waals surface area contributed by atoms with Crippen LogP contribution in [0.5, 0.6) is 0 Å². The van der Waals surface area contributed by atoms with Crippen LogP contribution in [-0.4, -0.2) is 55.3 Å². The maximum absolute atomic E-state index is 12.7. The number of carbonyl (C=O) groups is 4. The van der Waals surface area contributed by atoms with Gasteiger partial charge in [0.05, 0.1) is 0 Å². The maximum atomic E-state index is 12.7. The highest BCUT2D eigenvalue weighted by Gasteiger charge is 2.20. The van der Waals surface area contributed by atoms with Crippen LogP contribution in [0.1, 0.15) is 122 Å². The standard InChI is InChI=1S/C28H56N6O4/c1-2-3-4-5-6-7-8-9-10-18-25(35)34-24(17-12-14-21-30)28(38)32-22-15-19-26(36)33-23(27(31)37)16-11-13-20-29/h23-24H,2-22,29-30H2,1H3,(H2,31,37)(H,32,38)(H,33,36)(H,34,35). The molecule has 2 unspecified atom stereocenters. The number of rotatable bonds is 26. The molecule has 222 valence electrons. The van der Waals surface area contributed by atoms with Gasteiger partial charge in [0, 0.05) is 19.4 Å². The Hall–Kier alpha value is -2.20. The molecule has 0 saturated heterocycles. The highest BCUT2D eigenvalue weighted by Crippen LogP contribution is 2.11.